The summed E-state index contributed by atoms with van der Waals surface area (Å²) in [5.74, 6) is 0.123. The lowest BCUT2D eigenvalue weighted by Gasteiger charge is -2.07. The molecule has 0 aliphatic rings. The van der Waals surface area contributed by atoms with Gasteiger partial charge >= 0.3 is 11.7 Å². The minimum absolute atomic E-state index is 0.0596. The third-order valence-corrected chi connectivity index (χ3v) is 2.85. The van der Waals surface area contributed by atoms with Crippen molar-refractivity contribution in [2.45, 2.75) is 0 Å². The second kappa shape index (κ2) is 5.04. The first kappa shape index (κ1) is 12.8. The Balaban J connectivity index is 1.93. The van der Waals surface area contributed by atoms with Crippen molar-refractivity contribution in [2.75, 3.05) is 0 Å². The van der Waals surface area contributed by atoms with Gasteiger partial charge in [0.25, 0.3) is 0 Å². The van der Waals surface area contributed by atoms with Crippen LogP contribution in [-0.4, -0.2) is 20.0 Å². The van der Waals surface area contributed by atoms with Crippen LogP contribution < -0.4 is 4.74 Å². The molecule has 0 saturated carbocycles. The zero-order valence-corrected chi connectivity index (χ0v) is 10.6. The number of hydrogen-bond donors (Lipinski definition) is 1. The van der Waals surface area contributed by atoms with Crippen molar-refractivity contribution < 1.29 is 14.8 Å². The van der Waals surface area contributed by atoms with E-state index in [0.717, 1.165) is 23.2 Å². The molecule has 21 heavy (non-hydrogen) atoms. The summed E-state index contributed by atoms with van der Waals surface area (Å²) in [6.07, 6.45) is 2.08. The molecule has 0 amide bonds. The molecule has 7 heteroatoms. The predicted molar refractivity (Wildman–Crippen MR) is 74.4 cm³/mol. The minimum atomic E-state index is -0.600. The smallest absolute Gasteiger partial charge is 0.322 e. The first-order valence-electron chi connectivity index (χ1n) is 5.99. The first-order chi connectivity index (χ1) is 10.1. The Kier molecular flexibility index (Phi) is 3.07. The van der Waals surface area contributed by atoms with E-state index >= 15 is 0 Å². The van der Waals surface area contributed by atoms with Gasteiger partial charge < -0.3 is 9.84 Å². The number of fused-ring (bicyclic) bond motifs is 1. The number of hydrogen-bond acceptors (Lipinski definition) is 6. The van der Waals surface area contributed by atoms with Crippen molar-refractivity contribution in [1.82, 2.24) is 9.97 Å². The molecule has 104 valence electrons. The molecule has 0 atom stereocenters. The minimum Gasteiger partial charge on any atom is -0.504 e. The summed E-state index contributed by atoms with van der Waals surface area (Å²) in [4.78, 5) is 17.4. The van der Waals surface area contributed by atoms with Crippen LogP contribution in [0.5, 0.6) is 17.5 Å². The van der Waals surface area contributed by atoms with E-state index in [2.05, 4.69) is 9.97 Å². The van der Waals surface area contributed by atoms with E-state index in [-0.39, 0.29) is 23.2 Å². The molecular weight excluding hydrogens is 274 g/mol. The molecule has 0 aliphatic heterocycles. The molecule has 2 aromatic carbocycles. The van der Waals surface area contributed by atoms with Gasteiger partial charge in [-0.2, -0.15) is 9.97 Å². The lowest BCUT2D eigenvalue weighted by atomic mass is 10.1. The molecule has 7 nitrogen and oxygen atoms in total. The average Bonchev–Trinajstić information content (AvgIpc) is 2.48. The molecule has 1 heterocycles. The van der Waals surface area contributed by atoms with Gasteiger partial charge in [0.2, 0.25) is 0 Å². The predicted octanol–water partition coefficient (Wildman–Crippen LogP) is 3.04. The third-order valence-electron chi connectivity index (χ3n) is 2.85. The highest BCUT2D eigenvalue weighted by Gasteiger charge is 2.11. The second-order valence-electron chi connectivity index (χ2n) is 4.25. The van der Waals surface area contributed by atoms with Crippen LogP contribution in [0.25, 0.3) is 10.8 Å². The van der Waals surface area contributed by atoms with Gasteiger partial charge in [-0.1, -0.05) is 24.3 Å². The Bertz CT molecular complexity index is 818. The zero-order chi connectivity index (χ0) is 14.8. The molecule has 3 aromatic rings. The van der Waals surface area contributed by atoms with Crippen LogP contribution in [0.4, 0.5) is 5.69 Å². The topological polar surface area (TPSA) is 98.4 Å². The second-order valence-corrected chi connectivity index (χ2v) is 4.25. The van der Waals surface area contributed by atoms with E-state index in [4.69, 9.17) is 4.74 Å². The van der Waals surface area contributed by atoms with Crippen molar-refractivity contribution in [3.05, 3.63) is 58.9 Å². The van der Waals surface area contributed by atoms with Gasteiger partial charge in [-0.15, -0.1) is 0 Å². The zero-order valence-electron chi connectivity index (χ0n) is 10.6. The standard InChI is InChI=1S/C14H9N3O4/c18-12-5-9-3-1-2-4-10(9)6-13(12)21-14-15-7-11(8-16-14)17(19)20/h1-8,18H. The molecule has 3 rings (SSSR count). The number of nitro groups is 1. The van der Waals surface area contributed by atoms with Gasteiger partial charge in [-0.3, -0.25) is 10.1 Å². The SMILES string of the molecule is O=[N+]([O-])c1cnc(Oc2cc3ccccc3cc2O)nc1. The summed E-state index contributed by atoms with van der Waals surface area (Å²) >= 11 is 0. The third kappa shape index (κ3) is 2.57. The Morgan fingerprint density at radius 2 is 1.71 bits per heavy atom. The fourth-order valence-electron chi connectivity index (χ4n) is 1.84. The Morgan fingerprint density at radius 3 is 2.33 bits per heavy atom. The Morgan fingerprint density at radius 1 is 1.10 bits per heavy atom. The Hall–Kier alpha value is -3.22. The quantitative estimate of drug-likeness (QED) is 0.586. The summed E-state index contributed by atoms with van der Waals surface area (Å²) in [5, 5.41) is 22.2. The number of aromatic nitrogens is 2. The van der Waals surface area contributed by atoms with E-state index in [1.54, 1.807) is 12.1 Å². The maximum absolute atomic E-state index is 10.5. The lowest BCUT2D eigenvalue weighted by molar-refractivity contribution is -0.385. The Labute approximate surface area is 118 Å². The highest BCUT2D eigenvalue weighted by Crippen LogP contribution is 2.33. The largest absolute Gasteiger partial charge is 0.504 e. The number of ether oxygens (including phenoxy) is 1. The van der Waals surface area contributed by atoms with Gasteiger partial charge in [0.05, 0.1) is 4.92 Å². The van der Waals surface area contributed by atoms with Gasteiger partial charge in [-0.05, 0) is 22.9 Å². The maximum Gasteiger partial charge on any atom is 0.322 e. The van der Waals surface area contributed by atoms with Gasteiger partial charge in [-0.25, -0.2) is 0 Å². The molecule has 0 fully saturated rings. The number of benzene rings is 2. The number of phenolic OH excluding ortho intramolecular Hbond substituents is 1. The van der Waals surface area contributed by atoms with E-state index in [9.17, 15) is 15.2 Å². The number of nitrogens with zero attached hydrogens (tertiary/aromatic N) is 3. The molecule has 0 saturated heterocycles. The summed E-state index contributed by atoms with van der Waals surface area (Å²) in [7, 11) is 0. The number of rotatable bonds is 3. The molecule has 1 N–H and O–H groups in total. The first-order valence-corrected chi connectivity index (χ1v) is 5.99. The summed E-state index contributed by atoms with van der Waals surface area (Å²) in [5.41, 5.74) is -0.231. The van der Waals surface area contributed by atoms with E-state index < -0.39 is 4.92 Å². The van der Waals surface area contributed by atoms with Crippen LogP contribution in [0.15, 0.2) is 48.8 Å². The average molecular weight is 283 g/mol. The van der Waals surface area contributed by atoms with Crippen molar-refractivity contribution >= 4 is 16.5 Å². The molecule has 0 bridgehead atoms. The molecule has 0 spiro atoms. The van der Waals surface area contributed by atoms with E-state index in [1.807, 2.05) is 24.3 Å². The molecule has 0 unspecified atom stereocenters. The highest BCUT2D eigenvalue weighted by atomic mass is 16.6. The monoisotopic (exact) mass is 283 g/mol. The summed E-state index contributed by atoms with van der Waals surface area (Å²) in [6, 6.07) is 10.6. The van der Waals surface area contributed by atoms with Crippen molar-refractivity contribution in [3.63, 3.8) is 0 Å². The summed E-state index contributed by atoms with van der Waals surface area (Å²) in [6.45, 7) is 0. The van der Waals surface area contributed by atoms with Gasteiger partial charge in [0, 0.05) is 0 Å². The normalized spacial score (nSPS) is 10.5. The summed E-state index contributed by atoms with van der Waals surface area (Å²) < 4.78 is 5.36. The van der Waals surface area contributed by atoms with Crippen LogP contribution in [-0.2, 0) is 0 Å². The molecular formula is C14H9N3O4. The maximum atomic E-state index is 10.5. The molecule has 1 aromatic heterocycles. The van der Waals surface area contributed by atoms with Crippen LogP contribution in [0.2, 0.25) is 0 Å². The fraction of sp³-hybridized carbons (Fsp3) is 0. The molecule has 0 aliphatic carbocycles. The van der Waals surface area contributed by atoms with Gasteiger partial charge in [0.15, 0.2) is 11.5 Å². The van der Waals surface area contributed by atoms with Crippen LogP contribution in [0.3, 0.4) is 0 Å². The van der Waals surface area contributed by atoms with E-state index in [0.29, 0.717) is 0 Å². The van der Waals surface area contributed by atoms with Crippen LogP contribution >= 0.6 is 0 Å². The number of phenols is 1. The van der Waals surface area contributed by atoms with Crippen molar-refractivity contribution in [2.24, 2.45) is 0 Å². The van der Waals surface area contributed by atoms with Crippen LogP contribution in [0, 0.1) is 10.1 Å². The van der Waals surface area contributed by atoms with Crippen molar-refractivity contribution in [3.8, 4) is 17.5 Å². The number of aromatic hydroxyl groups is 1. The fourth-order valence-corrected chi connectivity index (χ4v) is 1.84. The van der Waals surface area contributed by atoms with Gasteiger partial charge in [0.1, 0.15) is 12.4 Å². The lowest BCUT2D eigenvalue weighted by Crippen LogP contribution is -1.95. The van der Waals surface area contributed by atoms with Crippen molar-refractivity contribution in [1.29, 1.82) is 0 Å². The van der Waals surface area contributed by atoms with E-state index in [1.165, 1.54) is 0 Å². The molecule has 0 radical (unpaired) electrons. The van der Waals surface area contributed by atoms with Crippen LogP contribution in [0.1, 0.15) is 0 Å². The highest BCUT2D eigenvalue weighted by molar-refractivity contribution is 5.85.